The molecule has 0 radical (unpaired) electrons. The smallest absolute Gasteiger partial charge is 0.332 e. The molecule has 0 aliphatic heterocycles. The van der Waals surface area contributed by atoms with Crippen LogP contribution < -0.4 is 16.6 Å². The van der Waals surface area contributed by atoms with Crippen molar-refractivity contribution in [1.29, 1.82) is 0 Å². The van der Waals surface area contributed by atoms with E-state index in [0.29, 0.717) is 12.2 Å². The number of carbonyl (C=O) groups excluding carboxylic acids is 1. The lowest BCUT2D eigenvalue weighted by Gasteiger charge is -2.18. The van der Waals surface area contributed by atoms with Gasteiger partial charge in [0.2, 0.25) is 0 Å². The van der Waals surface area contributed by atoms with Crippen LogP contribution in [0.2, 0.25) is 0 Å². The number of likely N-dealkylation sites (N-methyl/N-ethyl adjacent to an activating group) is 1. The van der Waals surface area contributed by atoms with Crippen molar-refractivity contribution in [2.24, 2.45) is 14.1 Å². The summed E-state index contributed by atoms with van der Waals surface area (Å²) in [5, 5.41) is 3.02. The molecule has 2 heterocycles. The summed E-state index contributed by atoms with van der Waals surface area (Å²) in [7, 11) is 2.94. The van der Waals surface area contributed by atoms with Gasteiger partial charge < -0.3 is 10.2 Å². The number of aromatic nitrogens is 3. The van der Waals surface area contributed by atoms with E-state index < -0.39 is 11.2 Å². The van der Waals surface area contributed by atoms with Crippen molar-refractivity contribution in [3.05, 3.63) is 38.2 Å². The van der Waals surface area contributed by atoms with Gasteiger partial charge in [0, 0.05) is 32.9 Å². The topological polar surface area (TPSA) is 89.2 Å². The fourth-order valence-electron chi connectivity index (χ4n) is 2.82. The second-order valence-corrected chi connectivity index (χ2v) is 6.00. The molecule has 25 heavy (non-hydrogen) atoms. The van der Waals surface area contributed by atoms with Crippen molar-refractivity contribution < 1.29 is 4.79 Å². The lowest BCUT2D eigenvalue weighted by molar-refractivity contribution is 0.0950. The van der Waals surface area contributed by atoms with Gasteiger partial charge >= 0.3 is 5.69 Å². The molecular weight excluding hydrogens is 322 g/mol. The first-order valence-electron chi connectivity index (χ1n) is 8.39. The van der Waals surface area contributed by atoms with Gasteiger partial charge in [-0.05, 0) is 26.1 Å². The molecule has 0 aliphatic rings. The lowest BCUT2D eigenvalue weighted by Crippen LogP contribution is -2.39. The van der Waals surface area contributed by atoms with Crippen LogP contribution in [0.15, 0.2) is 15.7 Å². The molecule has 0 atom stereocenters. The van der Waals surface area contributed by atoms with Crippen LogP contribution in [0.3, 0.4) is 0 Å². The standard InChI is InChI=1S/C17H25N5O3/c1-6-22(7-2)9-8-18-15(23)12-10-11(3)19-14-13(12)16(24)21(5)17(25)20(14)4/h10H,6-9H2,1-5H3,(H,18,23). The first-order chi connectivity index (χ1) is 11.8. The van der Waals surface area contributed by atoms with Crippen molar-refractivity contribution in [3.8, 4) is 0 Å². The minimum Gasteiger partial charge on any atom is -0.351 e. The molecule has 2 rings (SSSR count). The van der Waals surface area contributed by atoms with E-state index in [2.05, 4.69) is 29.0 Å². The van der Waals surface area contributed by atoms with E-state index in [-0.39, 0.29) is 22.5 Å². The van der Waals surface area contributed by atoms with E-state index in [9.17, 15) is 14.4 Å². The van der Waals surface area contributed by atoms with Gasteiger partial charge in [-0.3, -0.25) is 18.7 Å². The molecular formula is C17H25N5O3. The summed E-state index contributed by atoms with van der Waals surface area (Å²) < 4.78 is 2.28. The number of pyridine rings is 1. The van der Waals surface area contributed by atoms with Gasteiger partial charge in [-0.15, -0.1) is 0 Å². The summed E-state index contributed by atoms with van der Waals surface area (Å²) in [6.45, 7) is 8.89. The number of amides is 1. The Morgan fingerprint density at radius 1 is 1.20 bits per heavy atom. The van der Waals surface area contributed by atoms with Crippen LogP contribution in [0, 0.1) is 6.92 Å². The zero-order valence-electron chi connectivity index (χ0n) is 15.4. The average Bonchev–Trinajstić information content (AvgIpc) is 2.60. The predicted octanol–water partition coefficient (Wildman–Crippen LogP) is 0.0122. The number of aryl methyl sites for hydroxylation is 2. The van der Waals surface area contributed by atoms with Crippen LogP contribution in [-0.2, 0) is 14.1 Å². The fourth-order valence-corrected chi connectivity index (χ4v) is 2.82. The Bertz CT molecular complexity index is 909. The summed E-state index contributed by atoms with van der Waals surface area (Å²) in [6.07, 6.45) is 0. The molecule has 2 aromatic heterocycles. The molecule has 0 aromatic carbocycles. The van der Waals surface area contributed by atoms with Crippen LogP contribution in [-0.4, -0.2) is 51.1 Å². The normalized spacial score (nSPS) is 11.3. The van der Waals surface area contributed by atoms with Gasteiger partial charge in [0.25, 0.3) is 11.5 Å². The first kappa shape index (κ1) is 18.9. The monoisotopic (exact) mass is 347 g/mol. The SMILES string of the molecule is CCN(CC)CCNC(=O)c1cc(C)nc2c1c(=O)n(C)c(=O)n2C. The van der Waals surface area contributed by atoms with Gasteiger partial charge in [0.15, 0.2) is 0 Å². The maximum atomic E-state index is 12.6. The molecule has 1 N–H and O–H groups in total. The molecule has 0 unspecified atom stereocenters. The molecule has 2 aromatic rings. The summed E-state index contributed by atoms with van der Waals surface area (Å²) in [4.78, 5) is 43.7. The number of rotatable bonds is 6. The van der Waals surface area contributed by atoms with Crippen molar-refractivity contribution >= 4 is 16.9 Å². The van der Waals surface area contributed by atoms with Crippen LogP contribution in [0.4, 0.5) is 0 Å². The highest BCUT2D eigenvalue weighted by Gasteiger charge is 2.19. The summed E-state index contributed by atoms with van der Waals surface area (Å²) in [5.41, 5.74) is 0.0628. The molecule has 0 aliphatic carbocycles. The zero-order valence-corrected chi connectivity index (χ0v) is 15.4. The van der Waals surface area contributed by atoms with Gasteiger partial charge in [0.05, 0.1) is 10.9 Å². The number of hydrogen-bond donors (Lipinski definition) is 1. The third-order valence-electron chi connectivity index (χ3n) is 4.39. The van der Waals surface area contributed by atoms with E-state index in [4.69, 9.17) is 0 Å². The maximum absolute atomic E-state index is 12.6. The third kappa shape index (κ3) is 3.63. The number of nitrogens with one attached hydrogen (secondary N) is 1. The Hall–Kier alpha value is -2.48. The lowest BCUT2D eigenvalue weighted by atomic mass is 10.1. The van der Waals surface area contributed by atoms with Crippen LogP contribution in [0.1, 0.15) is 29.9 Å². The predicted molar refractivity (Wildman–Crippen MR) is 97.1 cm³/mol. The second kappa shape index (κ2) is 7.60. The van der Waals surface area contributed by atoms with Crippen molar-refractivity contribution in [2.75, 3.05) is 26.2 Å². The second-order valence-electron chi connectivity index (χ2n) is 6.00. The summed E-state index contributed by atoms with van der Waals surface area (Å²) in [6, 6.07) is 1.58. The van der Waals surface area contributed by atoms with E-state index in [1.165, 1.54) is 11.6 Å². The Morgan fingerprint density at radius 2 is 1.84 bits per heavy atom. The van der Waals surface area contributed by atoms with E-state index >= 15 is 0 Å². The molecule has 0 bridgehead atoms. The first-order valence-corrected chi connectivity index (χ1v) is 8.39. The average molecular weight is 347 g/mol. The minimum absolute atomic E-state index is 0.163. The van der Waals surface area contributed by atoms with E-state index in [1.54, 1.807) is 20.0 Å². The third-order valence-corrected chi connectivity index (χ3v) is 4.39. The van der Waals surface area contributed by atoms with Crippen LogP contribution in [0.5, 0.6) is 0 Å². The Labute approximate surface area is 146 Å². The van der Waals surface area contributed by atoms with Gasteiger partial charge in [0.1, 0.15) is 5.65 Å². The summed E-state index contributed by atoms with van der Waals surface area (Å²) in [5.74, 6) is -0.335. The highest BCUT2D eigenvalue weighted by molar-refractivity contribution is 6.05. The molecule has 136 valence electrons. The molecule has 0 saturated heterocycles. The highest BCUT2D eigenvalue weighted by Crippen LogP contribution is 2.13. The number of hydrogen-bond acceptors (Lipinski definition) is 5. The minimum atomic E-state index is -0.514. The zero-order chi connectivity index (χ0) is 18.7. The van der Waals surface area contributed by atoms with Crippen molar-refractivity contribution in [1.82, 2.24) is 24.3 Å². The summed E-state index contributed by atoms with van der Waals surface area (Å²) >= 11 is 0. The highest BCUT2D eigenvalue weighted by atomic mass is 16.2. The Kier molecular flexibility index (Phi) is 5.73. The molecule has 1 amide bonds. The molecule has 0 spiro atoms. The van der Waals surface area contributed by atoms with E-state index in [1.807, 2.05) is 0 Å². The largest absolute Gasteiger partial charge is 0.351 e. The van der Waals surface area contributed by atoms with Crippen LogP contribution >= 0.6 is 0 Å². The quantitative estimate of drug-likeness (QED) is 0.795. The van der Waals surface area contributed by atoms with Gasteiger partial charge in [-0.1, -0.05) is 13.8 Å². The molecule has 0 saturated carbocycles. The van der Waals surface area contributed by atoms with Crippen LogP contribution in [0.25, 0.3) is 11.0 Å². The van der Waals surface area contributed by atoms with Crippen molar-refractivity contribution in [3.63, 3.8) is 0 Å². The Balaban J connectivity index is 2.46. The van der Waals surface area contributed by atoms with Gasteiger partial charge in [-0.2, -0.15) is 0 Å². The number of fused-ring (bicyclic) bond motifs is 1. The Morgan fingerprint density at radius 3 is 2.44 bits per heavy atom. The maximum Gasteiger partial charge on any atom is 0.332 e. The van der Waals surface area contributed by atoms with Crippen molar-refractivity contribution in [2.45, 2.75) is 20.8 Å². The number of carbonyl (C=O) groups is 1. The molecule has 8 heteroatoms. The number of nitrogens with zero attached hydrogens (tertiary/aromatic N) is 4. The molecule has 0 fully saturated rings. The molecule has 8 nitrogen and oxygen atoms in total. The van der Waals surface area contributed by atoms with Gasteiger partial charge in [-0.25, -0.2) is 9.78 Å². The fraction of sp³-hybridized carbons (Fsp3) is 0.529. The van der Waals surface area contributed by atoms with E-state index in [0.717, 1.165) is 24.2 Å².